The lowest BCUT2D eigenvalue weighted by Gasteiger charge is -2.22. The molecule has 1 amide bonds. The molecule has 104 valence electrons. The third kappa shape index (κ3) is 3.02. The second kappa shape index (κ2) is 6.11. The maximum Gasteiger partial charge on any atom is 0.242 e. The first-order valence-electron chi connectivity index (χ1n) is 6.55. The van der Waals surface area contributed by atoms with Crippen LogP contribution in [0.25, 0.3) is 5.69 Å². The molecule has 0 bridgehead atoms. The van der Waals surface area contributed by atoms with Crippen LogP contribution in [0.15, 0.2) is 42.7 Å². The fourth-order valence-corrected chi connectivity index (χ4v) is 3.04. The first kappa shape index (κ1) is 13.2. The number of carbonyl (C=O) groups is 1. The van der Waals surface area contributed by atoms with Crippen LogP contribution >= 0.6 is 11.8 Å². The number of nitrogens with zero attached hydrogens (tertiary/aromatic N) is 2. The second-order valence-electron chi connectivity index (χ2n) is 4.57. The molecule has 1 atom stereocenters. The number of nitrogens with one attached hydrogen (secondary N) is 2. The monoisotopic (exact) mass is 288 g/mol. The highest BCUT2D eigenvalue weighted by Crippen LogP contribution is 2.15. The van der Waals surface area contributed by atoms with Gasteiger partial charge in [-0.3, -0.25) is 4.79 Å². The Morgan fingerprint density at radius 1 is 1.45 bits per heavy atom. The molecule has 1 unspecified atom stereocenters. The van der Waals surface area contributed by atoms with Crippen molar-refractivity contribution >= 4 is 23.4 Å². The third-order valence-electron chi connectivity index (χ3n) is 3.12. The molecule has 1 aliphatic heterocycles. The second-order valence-corrected chi connectivity index (χ2v) is 5.72. The molecule has 0 radical (unpaired) electrons. The average Bonchev–Trinajstić information content (AvgIpc) is 3.03. The van der Waals surface area contributed by atoms with Gasteiger partial charge in [0.1, 0.15) is 0 Å². The van der Waals surface area contributed by atoms with Crippen LogP contribution in [0.2, 0.25) is 0 Å². The number of amides is 1. The lowest BCUT2D eigenvalue weighted by Crippen LogP contribution is -2.46. The number of anilines is 1. The van der Waals surface area contributed by atoms with Crippen LogP contribution in [0.5, 0.6) is 0 Å². The largest absolute Gasteiger partial charge is 0.325 e. The van der Waals surface area contributed by atoms with Crippen molar-refractivity contribution < 1.29 is 4.79 Å². The predicted molar refractivity (Wildman–Crippen MR) is 81.3 cm³/mol. The molecule has 1 saturated heterocycles. The summed E-state index contributed by atoms with van der Waals surface area (Å²) in [4.78, 5) is 12.2. The molecule has 2 heterocycles. The van der Waals surface area contributed by atoms with Crippen LogP contribution in [0.4, 0.5) is 5.69 Å². The number of hydrogen-bond acceptors (Lipinski definition) is 4. The van der Waals surface area contributed by atoms with Gasteiger partial charge in [-0.1, -0.05) is 6.07 Å². The van der Waals surface area contributed by atoms with Crippen LogP contribution < -0.4 is 10.6 Å². The van der Waals surface area contributed by atoms with Gasteiger partial charge in [0.2, 0.25) is 5.91 Å². The highest BCUT2D eigenvalue weighted by molar-refractivity contribution is 7.99. The third-order valence-corrected chi connectivity index (χ3v) is 4.18. The summed E-state index contributed by atoms with van der Waals surface area (Å²) in [6.07, 6.45) is 3.61. The summed E-state index contributed by atoms with van der Waals surface area (Å²) >= 11 is 1.81. The maximum absolute atomic E-state index is 12.2. The van der Waals surface area contributed by atoms with E-state index in [1.165, 1.54) is 0 Å². The molecule has 1 aliphatic rings. The van der Waals surface area contributed by atoms with E-state index in [1.807, 2.05) is 36.5 Å². The number of rotatable bonds is 3. The molecule has 0 spiro atoms. The van der Waals surface area contributed by atoms with Crippen LogP contribution in [-0.4, -0.2) is 39.8 Å². The molecule has 0 aliphatic carbocycles. The molecular weight excluding hydrogens is 272 g/mol. The summed E-state index contributed by atoms with van der Waals surface area (Å²) in [5, 5.41) is 10.4. The van der Waals surface area contributed by atoms with Gasteiger partial charge in [-0.25, -0.2) is 4.68 Å². The topological polar surface area (TPSA) is 59.0 Å². The van der Waals surface area contributed by atoms with Crippen molar-refractivity contribution in [2.75, 3.05) is 23.4 Å². The minimum Gasteiger partial charge on any atom is -0.325 e. The van der Waals surface area contributed by atoms with Gasteiger partial charge >= 0.3 is 0 Å². The fraction of sp³-hybridized carbons (Fsp3) is 0.286. The van der Waals surface area contributed by atoms with Gasteiger partial charge in [-0.2, -0.15) is 16.9 Å². The van der Waals surface area contributed by atoms with Gasteiger partial charge in [-0.05, 0) is 24.3 Å². The van der Waals surface area contributed by atoms with E-state index in [9.17, 15) is 4.79 Å². The van der Waals surface area contributed by atoms with E-state index in [0.29, 0.717) is 0 Å². The first-order valence-corrected chi connectivity index (χ1v) is 7.70. The van der Waals surface area contributed by atoms with Crippen LogP contribution in [0.3, 0.4) is 0 Å². The maximum atomic E-state index is 12.2. The smallest absolute Gasteiger partial charge is 0.242 e. The first-order chi connectivity index (χ1) is 9.83. The van der Waals surface area contributed by atoms with Gasteiger partial charge in [-0.15, -0.1) is 0 Å². The fourth-order valence-electron chi connectivity index (χ4n) is 2.11. The predicted octanol–water partition coefficient (Wildman–Crippen LogP) is 1.52. The Kier molecular flexibility index (Phi) is 4.03. The van der Waals surface area contributed by atoms with Gasteiger partial charge in [0.05, 0.1) is 11.7 Å². The lowest BCUT2D eigenvalue weighted by molar-refractivity contribution is -0.117. The summed E-state index contributed by atoms with van der Waals surface area (Å²) < 4.78 is 1.77. The lowest BCUT2D eigenvalue weighted by atomic mass is 10.2. The highest BCUT2D eigenvalue weighted by Gasteiger charge is 2.20. The van der Waals surface area contributed by atoms with Crippen molar-refractivity contribution in [3.8, 4) is 5.69 Å². The minimum atomic E-state index is -0.109. The molecule has 0 saturated carbocycles. The molecular formula is C14H16N4OS. The molecule has 20 heavy (non-hydrogen) atoms. The van der Waals surface area contributed by atoms with Crippen LogP contribution in [0.1, 0.15) is 0 Å². The van der Waals surface area contributed by atoms with Crippen molar-refractivity contribution in [2.24, 2.45) is 0 Å². The Morgan fingerprint density at radius 2 is 2.40 bits per heavy atom. The van der Waals surface area contributed by atoms with E-state index in [-0.39, 0.29) is 11.9 Å². The Balaban J connectivity index is 1.71. The molecule has 1 aromatic carbocycles. The van der Waals surface area contributed by atoms with E-state index < -0.39 is 0 Å². The van der Waals surface area contributed by atoms with Crippen LogP contribution in [-0.2, 0) is 4.79 Å². The molecule has 5 nitrogen and oxygen atoms in total. The number of benzene rings is 1. The number of thioether (sulfide) groups is 1. The zero-order chi connectivity index (χ0) is 13.8. The van der Waals surface area contributed by atoms with E-state index in [0.717, 1.165) is 29.4 Å². The Bertz CT molecular complexity index is 579. The van der Waals surface area contributed by atoms with Gasteiger partial charge in [0.15, 0.2) is 0 Å². The van der Waals surface area contributed by atoms with Crippen LogP contribution in [0, 0.1) is 0 Å². The number of carbonyl (C=O) groups excluding carboxylic acids is 1. The molecule has 2 aromatic rings. The van der Waals surface area contributed by atoms with E-state index in [2.05, 4.69) is 15.7 Å². The normalized spacial score (nSPS) is 18.7. The molecule has 2 N–H and O–H groups in total. The molecule has 1 aromatic heterocycles. The Hall–Kier alpha value is -1.79. The summed E-state index contributed by atoms with van der Waals surface area (Å²) in [6.45, 7) is 0.885. The summed E-state index contributed by atoms with van der Waals surface area (Å²) in [7, 11) is 0. The van der Waals surface area contributed by atoms with Crippen molar-refractivity contribution in [1.29, 1.82) is 0 Å². The summed E-state index contributed by atoms with van der Waals surface area (Å²) in [6, 6.07) is 9.44. The minimum absolute atomic E-state index is 0.0230. The quantitative estimate of drug-likeness (QED) is 0.899. The van der Waals surface area contributed by atoms with Crippen molar-refractivity contribution in [2.45, 2.75) is 6.04 Å². The highest BCUT2D eigenvalue weighted by atomic mass is 32.2. The standard InChI is InChI=1S/C14H16N4OS/c19-14(13-10-20-8-6-15-13)17-11-3-1-4-12(9-11)18-7-2-5-16-18/h1-5,7,9,13,15H,6,8,10H2,(H,17,19). The summed E-state index contributed by atoms with van der Waals surface area (Å²) in [5.74, 6) is 1.92. The zero-order valence-electron chi connectivity index (χ0n) is 11.0. The average molecular weight is 288 g/mol. The van der Waals surface area contributed by atoms with E-state index in [1.54, 1.807) is 22.6 Å². The van der Waals surface area contributed by atoms with Gasteiger partial charge < -0.3 is 10.6 Å². The number of aromatic nitrogens is 2. The van der Waals surface area contributed by atoms with E-state index in [4.69, 9.17) is 0 Å². The van der Waals surface area contributed by atoms with Crippen molar-refractivity contribution in [3.05, 3.63) is 42.7 Å². The molecule has 3 rings (SSSR count). The van der Waals surface area contributed by atoms with Crippen molar-refractivity contribution in [3.63, 3.8) is 0 Å². The zero-order valence-corrected chi connectivity index (χ0v) is 11.8. The van der Waals surface area contributed by atoms with Gasteiger partial charge in [0.25, 0.3) is 0 Å². The Morgan fingerprint density at radius 3 is 3.15 bits per heavy atom. The SMILES string of the molecule is O=C(Nc1cccc(-n2cccn2)c1)C1CSCCN1. The Labute approximate surface area is 121 Å². The van der Waals surface area contributed by atoms with E-state index >= 15 is 0 Å². The summed E-state index contributed by atoms with van der Waals surface area (Å²) in [5.41, 5.74) is 1.72. The van der Waals surface area contributed by atoms with Gasteiger partial charge in [0, 0.05) is 36.1 Å². The van der Waals surface area contributed by atoms with Crippen molar-refractivity contribution in [1.82, 2.24) is 15.1 Å². The molecule has 1 fully saturated rings. The number of hydrogen-bond donors (Lipinski definition) is 2. The molecule has 6 heteroatoms.